The van der Waals surface area contributed by atoms with Gasteiger partial charge in [0, 0.05) is 21.2 Å². The lowest BCUT2D eigenvalue weighted by molar-refractivity contribution is 0.436. The fourth-order valence-corrected chi connectivity index (χ4v) is 0.726. The highest BCUT2D eigenvalue weighted by atomic mass is 31.0. The molecule has 0 aliphatic rings. The lowest BCUT2D eigenvalue weighted by Crippen LogP contribution is -1.88. The molecule has 1 aromatic heterocycles. The van der Waals surface area contributed by atoms with Crippen molar-refractivity contribution in [2.24, 2.45) is 0 Å². The molecule has 1 unspecified atom stereocenters. The summed E-state index contributed by atoms with van der Waals surface area (Å²) >= 11 is 0. The molecule has 1 atom stereocenters. The fraction of sp³-hybridized carbons (Fsp3) is 0.125. The van der Waals surface area contributed by atoms with Crippen molar-refractivity contribution < 1.29 is 4.52 Å². The van der Waals surface area contributed by atoms with Crippen molar-refractivity contribution in [1.29, 1.82) is 1.28 Å². The topological polar surface area (TPSA) is 48.1 Å². The summed E-state index contributed by atoms with van der Waals surface area (Å²) in [6.07, 6.45) is 1.60. The van der Waals surface area contributed by atoms with E-state index in [9.17, 15) is 0 Å². The van der Waals surface area contributed by atoms with Crippen molar-refractivity contribution in [3.8, 4) is 11.8 Å². The summed E-state index contributed by atoms with van der Waals surface area (Å²) in [4.78, 5) is 3.88. The standard InChI is InChI=1S/C8H9N2OP/c9-8-4-3-7(6-10-8)2-1-5-11-12/h3-4,6H,5,12H2,(H2,9,10)/i12T. The van der Waals surface area contributed by atoms with Gasteiger partial charge < -0.3 is 10.3 Å². The Morgan fingerprint density at radius 1 is 1.75 bits per heavy atom. The number of hydrogen-bond acceptors (Lipinski definition) is 3. The van der Waals surface area contributed by atoms with Gasteiger partial charge in [-0.3, -0.25) is 0 Å². The molecule has 0 saturated carbocycles. The number of pyridine rings is 1. The minimum Gasteiger partial charge on any atom is -0.384 e. The summed E-state index contributed by atoms with van der Waals surface area (Å²) in [5, 5.41) is 0. The Balaban J connectivity index is 2.52. The predicted molar refractivity (Wildman–Crippen MR) is 51.2 cm³/mol. The summed E-state index contributed by atoms with van der Waals surface area (Å²) in [5.74, 6) is 6.07. The zero-order chi connectivity index (χ0) is 9.52. The zero-order valence-corrected chi connectivity index (χ0v) is 7.37. The van der Waals surface area contributed by atoms with E-state index in [-0.39, 0.29) is 16.0 Å². The first-order chi connectivity index (χ1) is 6.33. The molecule has 1 heterocycles. The van der Waals surface area contributed by atoms with Gasteiger partial charge in [0.1, 0.15) is 12.4 Å². The number of anilines is 1. The fourth-order valence-electron chi connectivity index (χ4n) is 0.653. The molecule has 0 saturated heterocycles. The second-order valence-corrected chi connectivity index (χ2v) is 2.35. The maximum Gasteiger partial charge on any atom is 0.123 e. The Kier molecular flexibility index (Phi) is 2.96. The van der Waals surface area contributed by atoms with Gasteiger partial charge >= 0.3 is 0 Å². The molecule has 0 radical (unpaired) electrons. The van der Waals surface area contributed by atoms with Gasteiger partial charge in [0.15, 0.2) is 0 Å². The first-order valence-corrected chi connectivity index (χ1v) is 3.72. The number of rotatable bonds is 2. The highest BCUT2D eigenvalue weighted by Crippen LogP contribution is 1.98. The number of aromatic nitrogens is 1. The van der Waals surface area contributed by atoms with Crippen LogP contribution in [0.2, 0.25) is 0 Å². The van der Waals surface area contributed by atoms with Crippen LogP contribution in [-0.2, 0) is 4.52 Å². The summed E-state index contributed by atoms with van der Waals surface area (Å²) in [7, 11) is -0.265. The van der Waals surface area contributed by atoms with Crippen LogP contribution in [0, 0.1) is 11.8 Å². The molecule has 0 aliphatic heterocycles. The van der Waals surface area contributed by atoms with Crippen molar-refractivity contribution >= 4 is 15.2 Å². The van der Waals surface area contributed by atoms with Crippen molar-refractivity contribution in [2.75, 3.05) is 12.3 Å². The zero-order valence-electron chi connectivity index (χ0n) is 7.37. The minimum atomic E-state index is -0.265. The minimum absolute atomic E-state index is 0.265. The van der Waals surface area contributed by atoms with Crippen molar-refractivity contribution in [1.82, 2.24) is 4.98 Å². The van der Waals surface area contributed by atoms with Gasteiger partial charge in [-0.25, -0.2) is 4.98 Å². The van der Waals surface area contributed by atoms with Gasteiger partial charge in [-0.15, -0.1) is 0 Å². The molecular formula is C8H9N2OP. The van der Waals surface area contributed by atoms with Gasteiger partial charge in [0.25, 0.3) is 0 Å². The third-order valence-electron chi connectivity index (χ3n) is 1.16. The molecule has 0 bridgehead atoms. The quantitative estimate of drug-likeness (QED) is 0.418. The second-order valence-electron chi connectivity index (χ2n) is 2.06. The summed E-state index contributed by atoms with van der Waals surface area (Å²) < 4.78 is 11.5. The van der Waals surface area contributed by atoms with Crippen LogP contribution in [0.1, 0.15) is 5.56 Å². The molecule has 62 valence electrons. The molecule has 0 aromatic carbocycles. The Morgan fingerprint density at radius 2 is 2.67 bits per heavy atom. The maximum absolute atomic E-state index is 6.72. The van der Waals surface area contributed by atoms with Crippen LogP contribution in [0.4, 0.5) is 5.82 Å². The summed E-state index contributed by atoms with van der Waals surface area (Å²) in [6, 6.07) is 3.48. The monoisotopic (exact) mass is 182 g/mol. The normalized spacial score (nSPS) is 10.8. The number of nitrogen functional groups attached to an aromatic ring is 1. The van der Waals surface area contributed by atoms with Gasteiger partial charge in [-0.2, -0.15) is 0 Å². The van der Waals surface area contributed by atoms with Crippen LogP contribution in [0.25, 0.3) is 0 Å². The van der Waals surface area contributed by atoms with E-state index in [1.807, 2.05) is 0 Å². The van der Waals surface area contributed by atoms with E-state index >= 15 is 0 Å². The third kappa shape index (κ3) is 2.87. The predicted octanol–water partition coefficient (Wildman–Crippen LogP) is 0.822. The summed E-state index contributed by atoms with van der Waals surface area (Å²) in [6.45, 7) is 0.284. The van der Waals surface area contributed by atoms with Crippen LogP contribution in [0.3, 0.4) is 0 Å². The second kappa shape index (κ2) is 4.71. The molecule has 12 heavy (non-hydrogen) atoms. The largest absolute Gasteiger partial charge is 0.384 e. The van der Waals surface area contributed by atoms with E-state index in [1.165, 1.54) is 0 Å². The molecule has 0 aliphatic carbocycles. The smallest absolute Gasteiger partial charge is 0.123 e. The van der Waals surface area contributed by atoms with Gasteiger partial charge in [-0.05, 0) is 12.1 Å². The Hall–Kier alpha value is -1.10. The Labute approximate surface area is 74.9 Å². The molecule has 0 amide bonds. The van der Waals surface area contributed by atoms with E-state index < -0.39 is 0 Å². The van der Waals surface area contributed by atoms with Crippen LogP contribution in [0.15, 0.2) is 18.3 Å². The van der Waals surface area contributed by atoms with E-state index in [2.05, 4.69) is 16.8 Å². The first-order valence-electron chi connectivity index (χ1n) is 3.82. The molecule has 4 heteroatoms. The lowest BCUT2D eigenvalue weighted by atomic mass is 10.3. The van der Waals surface area contributed by atoms with E-state index in [0.717, 1.165) is 5.56 Å². The Bertz CT molecular complexity index is 317. The van der Waals surface area contributed by atoms with Gasteiger partial charge in [0.2, 0.25) is 0 Å². The molecule has 0 fully saturated rings. The third-order valence-corrected chi connectivity index (χ3v) is 1.31. The highest BCUT2D eigenvalue weighted by molar-refractivity contribution is 7.09. The molecule has 1 rings (SSSR count). The number of nitrogens with zero attached hydrogens (tertiary/aromatic N) is 1. The molecule has 2 N–H and O–H groups in total. The van der Waals surface area contributed by atoms with Crippen LogP contribution >= 0.6 is 9.41 Å². The number of nitrogens with two attached hydrogens (primary N) is 1. The summed E-state index contributed by atoms with van der Waals surface area (Å²) in [5.41, 5.74) is 6.19. The molecule has 3 nitrogen and oxygen atoms in total. The van der Waals surface area contributed by atoms with Crippen molar-refractivity contribution in [3.05, 3.63) is 23.9 Å². The van der Waals surface area contributed by atoms with Crippen molar-refractivity contribution in [3.63, 3.8) is 0 Å². The van der Waals surface area contributed by atoms with Crippen LogP contribution in [-0.4, -0.2) is 12.9 Å². The van der Waals surface area contributed by atoms with E-state index in [0.29, 0.717) is 5.82 Å². The average Bonchev–Trinajstić information content (AvgIpc) is 2.15. The lowest BCUT2D eigenvalue weighted by Gasteiger charge is -1.90. The molecular weight excluding hydrogens is 171 g/mol. The van der Waals surface area contributed by atoms with E-state index in [4.69, 9.17) is 11.5 Å². The highest BCUT2D eigenvalue weighted by Gasteiger charge is 1.86. The van der Waals surface area contributed by atoms with Gasteiger partial charge in [-0.1, -0.05) is 11.8 Å². The molecule has 0 spiro atoms. The maximum atomic E-state index is 6.72. The SMILES string of the molecule is [3H]POCC#Cc1ccc(N)nc1. The Morgan fingerprint density at radius 3 is 3.33 bits per heavy atom. The first kappa shape index (κ1) is 7.54. The average molecular weight is 182 g/mol. The van der Waals surface area contributed by atoms with Crippen molar-refractivity contribution in [2.45, 2.75) is 0 Å². The molecule has 1 aromatic rings. The van der Waals surface area contributed by atoms with Crippen LogP contribution in [0.5, 0.6) is 0 Å². The van der Waals surface area contributed by atoms with Gasteiger partial charge in [0.05, 0.1) is 1.28 Å². The van der Waals surface area contributed by atoms with E-state index in [1.54, 1.807) is 18.3 Å². The van der Waals surface area contributed by atoms with Crippen LogP contribution < -0.4 is 5.73 Å². The number of hydrogen-bond donors (Lipinski definition) is 1.